The number of aryl methyl sites for hydroxylation is 2. The summed E-state index contributed by atoms with van der Waals surface area (Å²) in [5, 5.41) is 1.88. The summed E-state index contributed by atoms with van der Waals surface area (Å²) in [5.41, 5.74) is 3.14. The molecule has 0 aliphatic carbocycles. The molecule has 6 aromatic rings. The minimum atomic E-state index is -0.472. The summed E-state index contributed by atoms with van der Waals surface area (Å²) < 4.78 is 21.1. The van der Waals surface area contributed by atoms with Crippen molar-refractivity contribution in [3.63, 3.8) is 0 Å². The summed E-state index contributed by atoms with van der Waals surface area (Å²) in [6.07, 6.45) is 0. The molecule has 9 nitrogen and oxygen atoms in total. The molecule has 0 bridgehead atoms. The molecule has 0 aliphatic heterocycles. The number of rotatable bonds is 3. The number of furan rings is 1. The van der Waals surface area contributed by atoms with Gasteiger partial charge in [0.15, 0.2) is 22.6 Å². The van der Waals surface area contributed by atoms with Gasteiger partial charge in [-0.1, -0.05) is 23.8 Å². The molecule has 0 atom stereocenters. The van der Waals surface area contributed by atoms with E-state index in [0.717, 1.165) is 10.9 Å². The first-order valence-corrected chi connectivity index (χ1v) is 11.2. The summed E-state index contributed by atoms with van der Waals surface area (Å²) >= 11 is 0. The summed E-state index contributed by atoms with van der Waals surface area (Å²) in [6, 6.07) is 12.8. The number of methoxy groups -OCH3 is 1. The highest BCUT2D eigenvalue weighted by Crippen LogP contribution is 2.30. The number of ketones is 1. The average Bonchev–Trinajstić information content (AvgIpc) is 3.43. The second-order valence-corrected chi connectivity index (χ2v) is 8.43. The van der Waals surface area contributed by atoms with Gasteiger partial charge in [-0.05, 0) is 38.1 Å². The van der Waals surface area contributed by atoms with E-state index in [9.17, 15) is 14.4 Å². The number of para-hydroxylation sites is 1. The van der Waals surface area contributed by atoms with Crippen molar-refractivity contribution in [2.24, 2.45) is 0 Å². The first-order chi connectivity index (χ1) is 17.3. The molecule has 2 aromatic carbocycles. The number of fused-ring (bicyclic) bond motifs is 6. The van der Waals surface area contributed by atoms with Crippen molar-refractivity contribution in [2.45, 2.75) is 27.4 Å². The lowest BCUT2D eigenvalue weighted by molar-refractivity contribution is 0.0988. The second-order valence-electron chi connectivity index (χ2n) is 8.43. The third kappa shape index (κ3) is 3.89. The lowest BCUT2D eigenvalue weighted by Crippen LogP contribution is -2.00. The van der Waals surface area contributed by atoms with E-state index in [-0.39, 0.29) is 11.5 Å². The van der Waals surface area contributed by atoms with Gasteiger partial charge in [0.05, 0.1) is 5.39 Å². The maximum absolute atomic E-state index is 12.0. The Morgan fingerprint density at radius 3 is 2.44 bits per heavy atom. The van der Waals surface area contributed by atoms with Gasteiger partial charge in [0, 0.05) is 25.0 Å². The molecule has 0 saturated carbocycles. The van der Waals surface area contributed by atoms with Crippen molar-refractivity contribution in [3.8, 4) is 0 Å². The van der Waals surface area contributed by atoms with Crippen LogP contribution >= 0.6 is 0 Å². The Balaban J connectivity index is 0.000000149. The first kappa shape index (κ1) is 23.3. The number of hydrogen-bond acceptors (Lipinski definition) is 8. The van der Waals surface area contributed by atoms with Gasteiger partial charge in [-0.15, -0.1) is 0 Å². The van der Waals surface area contributed by atoms with Crippen molar-refractivity contribution in [2.75, 3.05) is 7.11 Å². The molecule has 36 heavy (non-hydrogen) atoms. The van der Waals surface area contributed by atoms with Gasteiger partial charge in [-0.3, -0.25) is 4.79 Å². The summed E-state index contributed by atoms with van der Waals surface area (Å²) in [5.74, 6) is 0.636. The maximum Gasteiger partial charge on any atom is 0.362 e. The predicted octanol–water partition coefficient (Wildman–Crippen LogP) is 5.17. The monoisotopic (exact) mass is 486 g/mol. The Morgan fingerprint density at radius 2 is 1.69 bits per heavy atom. The molecular weight excluding hydrogens is 464 g/mol. The van der Waals surface area contributed by atoms with Gasteiger partial charge in [-0.2, -0.15) is 0 Å². The van der Waals surface area contributed by atoms with Crippen LogP contribution in [-0.2, 0) is 11.3 Å². The summed E-state index contributed by atoms with van der Waals surface area (Å²) in [7, 11) is 1.58. The molecular formula is C27H22N2O7. The van der Waals surface area contributed by atoms with E-state index in [0.29, 0.717) is 56.5 Å². The molecule has 4 aromatic heterocycles. The highest BCUT2D eigenvalue weighted by Gasteiger charge is 2.20. The van der Waals surface area contributed by atoms with Crippen molar-refractivity contribution < 1.29 is 22.8 Å². The van der Waals surface area contributed by atoms with Gasteiger partial charge >= 0.3 is 11.3 Å². The molecule has 182 valence electrons. The molecule has 0 unspecified atom stereocenters. The quantitative estimate of drug-likeness (QED) is 0.268. The number of aromatic nitrogens is 2. The number of carbonyl (C=O) groups excluding carboxylic acids is 1. The SMILES string of the molecule is CC(=O)c1oc2c(c1C)c(=O)oc1ccc(C)cc12.COCc1nc2c([nH]1)c(=O)oc1ccccc12. The molecule has 0 fully saturated rings. The number of H-pyrrole nitrogens is 1. The number of ether oxygens (including phenoxy) is 1. The predicted molar refractivity (Wildman–Crippen MR) is 135 cm³/mol. The fourth-order valence-electron chi connectivity index (χ4n) is 4.22. The molecule has 4 heterocycles. The average molecular weight is 486 g/mol. The van der Waals surface area contributed by atoms with E-state index in [1.54, 1.807) is 26.2 Å². The maximum atomic E-state index is 12.0. The highest BCUT2D eigenvalue weighted by molar-refractivity contribution is 6.06. The van der Waals surface area contributed by atoms with Crippen LogP contribution in [0.25, 0.3) is 43.9 Å². The molecule has 0 amide bonds. The van der Waals surface area contributed by atoms with E-state index in [1.165, 1.54) is 6.92 Å². The number of imidazole rings is 1. The number of hydrogen-bond donors (Lipinski definition) is 1. The van der Waals surface area contributed by atoms with Crippen molar-refractivity contribution in [1.82, 2.24) is 9.97 Å². The zero-order valence-electron chi connectivity index (χ0n) is 20.1. The molecule has 0 spiro atoms. The van der Waals surface area contributed by atoms with Crippen LogP contribution in [0.1, 0.15) is 34.4 Å². The molecule has 0 radical (unpaired) electrons. The number of Topliss-reactive ketones (excluding diaryl/α,β-unsaturated/α-hetero) is 1. The normalized spacial score (nSPS) is 11.3. The van der Waals surface area contributed by atoms with Crippen LogP contribution in [-0.4, -0.2) is 22.9 Å². The topological polar surface area (TPSA) is 129 Å². The summed E-state index contributed by atoms with van der Waals surface area (Å²) in [4.78, 5) is 42.5. The van der Waals surface area contributed by atoms with E-state index < -0.39 is 11.3 Å². The van der Waals surface area contributed by atoms with Gasteiger partial charge in [0.25, 0.3) is 0 Å². The van der Waals surface area contributed by atoms with Gasteiger partial charge in [-0.25, -0.2) is 14.6 Å². The van der Waals surface area contributed by atoms with E-state index >= 15 is 0 Å². The third-order valence-corrected chi connectivity index (χ3v) is 5.84. The minimum absolute atomic E-state index is 0.200. The lowest BCUT2D eigenvalue weighted by Gasteiger charge is -1.98. The van der Waals surface area contributed by atoms with Crippen LogP contribution in [0.15, 0.2) is 65.3 Å². The number of carbonyl (C=O) groups is 1. The van der Waals surface area contributed by atoms with E-state index in [4.69, 9.17) is 18.0 Å². The summed E-state index contributed by atoms with van der Waals surface area (Å²) in [6.45, 7) is 5.39. The fraction of sp³-hybridized carbons (Fsp3) is 0.185. The molecule has 1 N–H and O–H groups in total. The Kier molecular flexibility index (Phi) is 5.77. The fourth-order valence-corrected chi connectivity index (χ4v) is 4.22. The molecule has 0 saturated heterocycles. The molecule has 6 rings (SSSR count). The van der Waals surface area contributed by atoms with Crippen molar-refractivity contribution in [1.29, 1.82) is 0 Å². The van der Waals surface area contributed by atoms with E-state index in [1.807, 2.05) is 37.3 Å². The van der Waals surface area contributed by atoms with Crippen LogP contribution in [0.2, 0.25) is 0 Å². The van der Waals surface area contributed by atoms with E-state index in [2.05, 4.69) is 9.97 Å². The standard InChI is InChI=1S/C15H12O4.C12H10N2O3/c1-7-4-5-11-10(6-7)14-12(15(17)18-11)8(2)13(19-14)9(3)16;1-16-6-9-13-10-7-4-2-3-5-8(7)17-12(15)11(10)14-9/h4-6H,1-3H3;2-5H,6H2,1H3,(H,13,14). The van der Waals surface area contributed by atoms with Crippen LogP contribution < -0.4 is 11.3 Å². The van der Waals surface area contributed by atoms with Crippen molar-refractivity contribution in [3.05, 3.63) is 86.0 Å². The number of aromatic amines is 1. The second kappa shape index (κ2) is 8.94. The zero-order valence-corrected chi connectivity index (χ0v) is 20.1. The van der Waals surface area contributed by atoms with Gasteiger partial charge in [0.1, 0.15) is 34.5 Å². The van der Waals surface area contributed by atoms with Crippen LogP contribution in [0.4, 0.5) is 0 Å². The van der Waals surface area contributed by atoms with Gasteiger partial charge < -0.3 is 23.0 Å². The number of nitrogens with one attached hydrogen (secondary N) is 1. The zero-order chi connectivity index (χ0) is 25.6. The van der Waals surface area contributed by atoms with Crippen LogP contribution in [0, 0.1) is 13.8 Å². The van der Waals surface area contributed by atoms with Crippen LogP contribution in [0.3, 0.4) is 0 Å². The highest BCUT2D eigenvalue weighted by atomic mass is 16.5. The largest absolute Gasteiger partial charge is 0.452 e. The van der Waals surface area contributed by atoms with Crippen LogP contribution in [0.5, 0.6) is 0 Å². The Hall–Kier alpha value is -4.50. The molecule has 9 heteroatoms. The minimum Gasteiger partial charge on any atom is -0.452 e. The number of nitrogens with zero attached hydrogens (tertiary/aromatic N) is 1. The smallest absolute Gasteiger partial charge is 0.362 e. The Labute approximate surface area is 203 Å². The van der Waals surface area contributed by atoms with Crippen molar-refractivity contribution >= 4 is 49.7 Å². The lowest BCUT2D eigenvalue weighted by atomic mass is 10.1. The Bertz CT molecular complexity index is 1900. The molecule has 0 aliphatic rings. The third-order valence-electron chi connectivity index (χ3n) is 5.84. The van der Waals surface area contributed by atoms with Gasteiger partial charge in [0.2, 0.25) is 0 Å². The Morgan fingerprint density at radius 1 is 0.972 bits per heavy atom. The number of benzene rings is 2. The first-order valence-electron chi connectivity index (χ1n) is 11.2.